The first-order valence-electron chi connectivity index (χ1n) is 20.2. The summed E-state index contributed by atoms with van der Waals surface area (Å²) in [5.74, 6) is -2.96. The molecule has 4 fully saturated rings. The van der Waals surface area contributed by atoms with Crippen LogP contribution in [0.15, 0.2) is 24.3 Å². The summed E-state index contributed by atoms with van der Waals surface area (Å²) in [5, 5.41) is 14.2. The molecule has 56 heavy (non-hydrogen) atoms. The molecule has 8 atom stereocenters. The highest BCUT2D eigenvalue weighted by Crippen LogP contribution is 2.32. The molecule has 0 aromatic heterocycles. The van der Waals surface area contributed by atoms with E-state index in [1.54, 1.807) is 44.9 Å². The minimum atomic E-state index is -1.01. The second kappa shape index (κ2) is 18.8. The Balaban J connectivity index is 1.65. The molecule has 2 N–H and O–H groups in total. The fourth-order valence-electron chi connectivity index (χ4n) is 7.95. The number of nitrogens with zero attached hydrogens (tertiary/aromatic N) is 4. The molecule has 1 aromatic carbocycles. The zero-order valence-corrected chi connectivity index (χ0v) is 35.1. The van der Waals surface area contributed by atoms with Crippen molar-refractivity contribution in [1.29, 1.82) is 0 Å². The van der Waals surface area contributed by atoms with Crippen LogP contribution in [0.5, 0.6) is 5.75 Å². The maximum absolute atomic E-state index is 14.2. The lowest BCUT2D eigenvalue weighted by Gasteiger charge is -2.36. The predicted molar refractivity (Wildman–Crippen MR) is 210 cm³/mol. The zero-order valence-electron chi connectivity index (χ0n) is 35.1. The molecule has 5 rings (SSSR count). The number of piperidine rings is 1. The molecule has 0 spiro atoms. The number of carbonyl (C=O) groups is 6. The maximum Gasteiger partial charge on any atom is 0.329 e. The van der Waals surface area contributed by atoms with E-state index in [9.17, 15) is 33.9 Å². The molecule has 4 saturated heterocycles. The molecule has 14 nitrogen and oxygen atoms in total. The molecule has 1 aromatic rings. The van der Waals surface area contributed by atoms with E-state index in [0.29, 0.717) is 63.9 Å². The molecule has 5 amide bonds. The van der Waals surface area contributed by atoms with Gasteiger partial charge in [-0.15, -0.1) is 0 Å². The summed E-state index contributed by atoms with van der Waals surface area (Å²) in [6, 6.07) is 3.39. The zero-order chi connectivity index (χ0) is 41.6. The number of aliphatic hydroxyl groups excluding tert-OH is 1. The summed E-state index contributed by atoms with van der Waals surface area (Å²) in [4.78, 5) is 89.0. The number of nitrogens with one attached hydrogen (secondary N) is 1. The summed E-state index contributed by atoms with van der Waals surface area (Å²) in [6.45, 7) is 13.8. The van der Waals surface area contributed by atoms with E-state index in [1.165, 1.54) is 28.8 Å². The molecule has 0 unspecified atom stereocenters. The molecular formula is C42H65N5O9. The number of ether oxygens (including phenoxy) is 2. The number of likely N-dealkylation sites (N-methyl/N-ethyl adjacent to an activating group) is 2. The van der Waals surface area contributed by atoms with Gasteiger partial charge in [-0.1, -0.05) is 46.8 Å². The van der Waals surface area contributed by atoms with E-state index in [1.807, 2.05) is 39.8 Å². The van der Waals surface area contributed by atoms with Crippen LogP contribution in [0.3, 0.4) is 0 Å². The van der Waals surface area contributed by atoms with Crippen LogP contribution in [-0.4, -0.2) is 137 Å². The number of hydrogen-bond acceptors (Lipinski definition) is 9. The third kappa shape index (κ3) is 10.6. The lowest BCUT2D eigenvalue weighted by molar-refractivity contribution is -0.165. The quantitative estimate of drug-likeness (QED) is 0.346. The third-order valence-corrected chi connectivity index (χ3v) is 12.2. The largest absolute Gasteiger partial charge is 0.497 e. The summed E-state index contributed by atoms with van der Waals surface area (Å²) in [5.41, 5.74) is 0.323. The number of esters is 1. The van der Waals surface area contributed by atoms with Crippen molar-refractivity contribution in [2.24, 2.45) is 23.2 Å². The number of aliphatic hydroxyl groups is 1. The van der Waals surface area contributed by atoms with E-state index in [-0.39, 0.29) is 24.2 Å². The Kier molecular flexibility index (Phi) is 15.0. The first kappa shape index (κ1) is 44.5. The summed E-state index contributed by atoms with van der Waals surface area (Å²) in [6.07, 6.45) is 1.25. The van der Waals surface area contributed by atoms with E-state index < -0.39 is 77.3 Å². The average molecular weight is 784 g/mol. The van der Waals surface area contributed by atoms with Gasteiger partial charge in [-0.2, -0.15) is 0 Å². The average Bonchev–Trinajstić information content (AvgIpc) is 3.67. The molecule has 0 aliphatic carbocycles. The first-order valence-corrected chi connectivity index (χ1v) is 20.2. The van der Waals surface area contributed by atoms with Crippen molar-refractivity contribution >= 4 is 35.5 Å². The van der Waals surface area contributed by atoms with Crippen molar-refractivity contribution < 1.29 is 43.3 Å². The van der Waals surface area contributed by atoms with E-state index >= 15 is 0 Å². The molecule has 0 saturated carbocycles. The van der Waals surface area contributed by atoms with E-state index in [0.717, 1.165) is 5.56 Å². The van der Waals surface area contributed by atoms with Crippen molar-refractivity contribution in [1.82, 2.24) is 24.9 Å². The standard InChI is InChI=1S/C42H65N5O9/c1-25-22-34(48)26(2)37(50)46-20-17-30(18-21-46)36(49)43-32(24-29-13-15-31(55-10)16-14-29)40(53)45(9)27(3)38(51)44(8)28(4)39(52)47-19-11-12-33(47)41(54)56-35(23-25)42(5,6)7/h13-16,25-28,30,32-35,48H,11-12,17-24H2,1-10H3,(H,43,49)/t25-,26-,27-,28-,32-,33-,34-,35-/m0/s1. The Hall–Kier alpha value is -4.20. The van der Waals surface area contributed by atoms with Gasteiger partial charge in [0.05, 0.1) is 19.1 Å². The summed E-state index contributed by atoms with van der Waals surface area (Å²) < 4.78 is 11.5. The van der Waals surface area contributed by atoms with Crippen LogP contribution in [0.2, 0.25) is 0 Å². The van der Waals surface area contributed by atoms with Gasteiger partial charge in [-0.3, -0.25) is 24.0 Å². The number of amides is 5. The number of benzene rings is 1. The Morgan fingerprint density at radius 2 is 1.39 bits per heavy atom. The Morgan fingerprint density at radius 1 is 0.804 bits per heavy atom. The van der Waals surface area contributed by atoms with Crippen LogP contribution in [0.25, 0.3) is 0 Å². The number of fused-ring (bicyclic) bond motifs is 19. The number of methoxy groups -OCH3 is 1. The summed E-state index contributed by atoms with van der Waals surface area (Å²) >= 11 is 0. The van der Waals surface area contributed by atoms with Crippen LogP contribution in [0.1, 0.15) is 92.6 Å². The van der Waals surface area contributed by atoms with Crippen molar-refractivity contribution in [3.05, 3.63) is 29.8 Å². The molecule has 0 radical (unpaired) electrons. The molecule has 2 bridgehead atoms. The Bertz CT molecular complexity index is 1570. The minimum Gasteiger partial charge on any atom is -0.497 e. The van der Waals surface area contributed by atoms with Gasteiger partial charge in [0.25, 0.3) is 0 Å². The van der Waals surface area contributed by atoms with Crippen LogP contribution < -0.4 is 10.1 Å². The molecule has 14 heteroatoms. The third-order valence-electron chi connectivity index (χ3n) is 12.2. The predicted octanol–water partition coefficient (Wildman–Crippen LogP) is 3.03. The topological polar surface area (TPSA) is 166 Å². The van der Waals surface area contributed by atoms with Crippen LogP contribution in [0, 0.1) is 23.2 Å². The van der Waals surface area contributed by atoms with Gasteiger partial charge in [-0.05, 0) is 81.4 Å². The summed E-state index contributed by atoms with van der Waals surface area (Å²) in [7, 11) is 4.57. The lowest BCUT2D eigenvalue weighted by Crippen LogP contribution is -2.58. The maximum atomic E-state index is 14.2. The van der Waals surface area contributed by atoms with Crippen molar-refractivity contribution in [3.8, 4) is 5.75 Å². The van der Waals surface area contributed by atoms with E-state index in [4.69, 9.17) is 9.47 Å². The normalized spacial score (nSPS) is 31.4. The highest BCUT2D eigenvalue weighted by Gasteiger charge is 2.43. The number of rotatable bonds is 3. The van der Waals surface area contributed by atoms with Crippen LogP contribution in [-0.2, 0) is 39.9 Å². The van der Waals surface area contributed by atoms with Gasteiger partial charge in [0.2, 0.25) is 29.5 Å². The molecule has 312 valence electrons. The molecule has 4 aliphatic heterocycles. The number of carbonyl (C=O) groups excluding carboxylic acids is 6. The second-order valence-electron chi connectivity index (χ2n) is 17.4. The van der Waals surface area contributed by atoms with Gasteiger partial charge in [0.1, 0.15) is 36.0 Å². The van der Waals surface area contributed by atoms with Gasteiger partial charge >= 0.3 is 5.97 Å². The first-order chi connectivity index (χ1) is 26.2. The van der Waals surface area contributed by atoms with Gasteiger partial charge in [0, 0.05) is 46.1 Å². The highest BCUT2D eigenvalue weighted by molar-refractivity contribution is 5.95. The second-order valence-corrected chi connectivity index (χ2v) is 17.4. The van der Waals surface area contributed by atoms with E-state index in [2.05, 4.69) is 5.32 Å². The van der Waals surface area contributed by atoms with Crippen molar-refractivity contribution in [2.45, 2.75) is 130 Å². The van der Waals surface area contributed by atoms with Crippen molar-refractivity contribution in [2.75, 3.05) is 40.8 Å². The monoisotopic (exact) mass is 783 g/mol. The van der Waals surface area contributed by atoms with Gasteiger partial charge in [-0.25, -0.2) is 4.79 Å². The van der Waals surface area contributed by atoms with Crippen LogP contribution >= 0.6 is 0 Å². The van der Waals surface area contributed by atoms with Crippen molar-refractivity contribution in [3.63, 3.8) is 0 Å². The van der Waals surface area contributed by atoms with Crippen LogP contribution in [0.4, 0.5) is 0 Å². The Morgan fingerprint density at radius 3 is 1.98 bits per heavy atom. The molecule has 4 aliphatic rings. The van der Waals surface area contributed by atoms with Gasteiger partial charge < -0.3 is 39.5 Å². The lowest BCUT2D eigenvalue weighted by atomic mass is 9.81. The van der Waals surface area contributed by atoms with Gasteiger partial charge in [0.15, 0.2) is 0 Å². The Labute approximate surface area is 332 Å². The SMILES string of the molecule is COc1ccc(C[C@@H]2NC(=O)C3CCN(CC3)C(=O)[C@@H](C)[C@@H](O)C[C@H](C)C[C@@H](C(C)(C)C)OC(=O)[C@@H]3CCCN3C(=O)[C@H](C)N(C)C(=O)[C@H](C)N(C)C2=O)cc1. The smallest absolute Gasteiger partial charge is 0.329 e. The minimum absolute atomic E-state index is 0.101. The fraction of sp³-hybridized carbons (Fsp3) is 0.714. The molecule has 4 heterocycles. The highest BCUT2D eigenvalue weighted by atomic mass is 16.5. The fourth-order valence-corrected chi connectivity index (χ4v) is 7.95. The molecular weight excluding hydrogens is 718 g/mol. The number of hydrogen-bond donors (Lipinski definition) is 2.